The van der Waals surface area contributed by atoms with Crippen molar-refractivity contribution in [3.63, 3.8) is 0 Å². The fourth-order valence-electron chi connectivity index (χ4n) is 2.90. The molecule has 1 fully saturated rings. The molecule has 0 saturated carbocycles. The predicted octanol–water partition coefficient (Wildman–Crippen LogP) is 2.32. The molecule has 7 heteroatoms. The van der Waals surface area contributed by atoms with Gasteiger partial charge in [0.2, 0.25) is 0 Å². The molecule has 0 spiro atoms. The van der Waals surface area contributed by atoms with Gasteiger partial charge in [-0.3, -0.25) is 9.30 Å². The normalized spacial score (nSPS) is 18.8. The lowest BCUT2D eigenvalue weighted by Crippen LogP contribution is -2.44. The van der Waals surface area contributed by atoms with Crippen molar-refractivity contribution < 1.29 is 14.3 Å². The predicted molar refractivity (Wildman–Crippen MR) is 93.7 cm³/mol. The van der Waals surface area contributed by atoms with Crippen molar-refractivity contribution in [2.45, 2.75) is 24.5 Å². The van der Waals surface area contributed by atoms with Gasteiger partial charge in [-0.1, -0.05) is 17.8 Å². The highest BCUT2D eigenvalue weighted by Crippen LogP contribution is 2.20. The molecule has 0 aromatic carbocycles. The van der Waals surface area contributed by atoms with E-state index in [0.717, 1.165) is 43.4 Å². The molecule has 3 rings (SSSR count). The third-order valence-electron chi connectivity index (χ3n) is 4.22. The molecule has 2 aromatic rings. The summed E-state index contributed by atoms with van der Waals surface area (Å²) in [5, 5.41) is 0.791. The van der Waals surface area contributed by atoms with Crippen LogP contribution >= 0.6 is 11.8 Å². The number of hydrogen-bond donors (Lipinski definition) is 0. The molecule has 1 atom stereocenters. The highest BCUT2D eigenvalue weighted by molar-refractivity contribution is 7.98. The number of esters is 1. The van der Waals surface area contributed by atoms with Gasteiger partial charge in [0.05, 0.1) is 25.3 Å². The maximum absolute atomic E-state index is 12.4. The standard InChI is InChI=1S/C17H23N3O3S/c1-13-12-22-11-9-19(13)7-5-10-23-16(21)15-14-6-3-4-8-20(14)17(18-15)24-2/h3-4,6,8,13H,5,7,9-12H2,1-2H3/t13-/m0/s1. The van der Waals surface area contributed by atoms with Crippen LogP contribution in [-0.4, -0.2) is 65.5 Å². The Kier molecular flexibility index (Phi) is 5.76. The monoisotopic (exact) mass is 349 g/mol. The van der Waals surface area contributed by atoms with Crippen LogP contribution in [-0.2, 0) is 9.47 Å². The van der Waals surface area contributed by atoms with Crippen LogP contribution in [0.2, 0.25) is 0 Å². The highest BCUT2D eigenvalue weighted by atomic mass is 32.2. The Bertz CT molecular complexity index is 703. The number of aromatic nitrogens is 2. The van der Waals surface area contributed by atoms with Crippen LogP contribution in [0.4, 0.5) is 0 Å². The second kappa shape index (κ2) is 8.00. The Hall–Kier alpha value is -1.57. The SMILES string of the molecule is CSc1nc(C(=O)OCCCN2CCOC[C@@H]2C)c2ccccn12. The number of hydrogen-bond acceptors (Lipinski definition) is 6. The quantitative estimate of drug-likeness (QED) is 0.453. The van der Waals surface area contributed by atoms with Crippen molar-refractivity contribution in [3.8, 4) is 0 Å². The third kappa shape index (κ3) is 3.74. The molecule has 0 unspecified atom stereocenters. The lowest BCUT2D eigenvalue weighted by molar-refractivity contribution is -0.00388. The van der Waals surface area contributed by atoms with Crippen molar-refractivity contribution >= 4 is 23.2 Å². The molecule has 24 heavy (non-hydrogen) atoms. The largest absolute Gasteiger partial charge is 0.461 e. The van der Waals surface area contributed by atoms with E-state index in [1.807, 2.05) is 35.1 Å². The van der Waals surface area contributed by atoms with E-state index in [1.165, 1.54) is 11.8 Å². The number of nitrogens with zero attached hydrogens (tertiary/aromatic N) is 3. The number of pyridine rings is 1. The van der Waals surface area contributed by atoms with Crippen LogP contribution in [0.3, 0.4) is 0 Å². The van der Waals surface area contributed by atoms with Crippen molar-refractivity contribution in [1.29, 1.82) is 0 Å². The van der Waals surface area contributed by atoms with Gasteiger partial charge in [0.1, 0.15) is 0 Å². The van der Waals surface area contributed by atoms with Gasteiger partial charge in [0.15, 0.2) is 10.9 Å². The highest BCUT2D eigenvalue weighted by Gasteiger charge is 2.20. The topological polar surface area (TPSA) is 56.1 Å². The zero-order valence-corrected chi connectivity index (χ0v) is 14.9. The molecule has 0 N–H and O–H groups in total. The summed E-state index contributed by atoms with van der Waals surface area (Å²) in [5.41, 5.74) is 1.17. The summed E-state index contributed by atoms with van der Waals surface area (Å²) in [6.45, 7) is 5.98. The van der Waals surface area contributed by atoms with Gasteiger partial charge in [0, 0.05) is 25.3 Å². The first-order valence-corrected chi connectivity index (χ1v) is 9.43. The molecule has 0 amide bonds. The van der Waals surface area contributed by atoms with Gasteiger partial charge in [-0.25, -0.2) is 9.78 Å². The first-order valence-electron chi connectivity index (χ1n) is 8.20. The molecule has 2 aromatic heterocycles. The van der Waals surface area contributed by atoms with Gasteiger partial charge in [-0.2, -0.15) is 0 Å². The summed E-state index contributed by atoms with van der Waals surface area (Å²) in [6.07, 6.45) is 4.67. The minimum Gasteiger partial charge on any atom is -0.461 e. The van der Waals surface area contributed by atoms with Crippen LogP contribution in [0.1, 0.15) is 23.8 Å². The van der Waals surface area contributed by atoms with Crippen LogP contribution in [0.5, 0.6) is 0 Å². The zero-order valence-electron chi connectivity index (χ0n) is 14.1. The molecule has 0 radical (unpaired) electrons. The minimum atomic E-state index is -0.353. The average Bonchev–Trinajstić information content (AvgIpc) is 2.99. The molecule has 130 valence electrons. The maximum atomic E-state index is 12.4. The van der Waals surface area contributed by atoms with Gasteiger partial charge in [-0.05, 0) is 31.7 Å². The van der Waals surface area contributed by atoms with Crippen LogP contribution in [0.15, 0.2) is 29.6 Å². The number of carbonyl (C=O) groups excluding carboxylic acids is 1. The second-order valence-corrected chi connectivity index (χ2v) is 6.63. The number of imidazole rings is 1. The summed E-state index contributed by atoms with van der Waals surface area (Å²) < 4.78 is 12.8. The van der Waals surface area contributed by atoms with Gasteiger partial charge >= 0.3 is 5.97 Å². The number of carbonyl (C=O) groups is 1. The number of morpholine rings is 1. The molecule has 1 aliphatic rings. The third-order valence-corrected chi connectivity index (χ3v) is 4.87. The van der Waals surface area contributed by atoms with Crippen LogP contribution in [0, 0.1) is 0 Å². The van der Waals surface area contributed by atoms with E-state index in [4.69, 9.17) is 9.47 Å². The summed E-state index contributed by atoms with van der Waals surface area (Å²) in [4.78, 5) is 19.1. The first-order chi connectivity index (χ1) is 11.7. The van der Waals surface area contributed by atoms with Crippen molar-refractivity contribution in [3.05, 3.63) is 30.1 Å². The van der Waals surface area contributed by atoms with E-state index >= 15 is 0 Å². The molecule has 1 aliphatic heterocycles. The lowest BCUT2D eigenvalue weighted by atomic mass is 10.2. The van der Waals surface area contributed by atoms with Crippen LogP contribution < -0.4 is 0 Å². The Morgan fingerprint density at radius 1 is 1.50 bits per heavy atom. The van der Waals surface area contributed by atoms with E-state index in [0.29, 0.717) is 18.3 Å². The minimum absolute atomic E-state index is 0.353. The summed E-state index contributed by atoms with van der Waals surface area (Å²) in [6, 6.07) is 6.14. The maximum Gasteiger partial charge on any atom is 0.359 e. The number of rotatable bonds is 6. The summed E-state index contributed by atoms with van der Waals surface area (Å²) in [5.74, 6) is -0.353. The Balaban J connectivity index is 1.56. The number of ether oxygens (including phenoxy) is 2. The van der Waals surface area contributed by atoms with E-state index < -0.39 is 0 Å². The number of fused-ring (bicyclic) bond motifs is 1. The average molecular weight is 349 g/mol. The van der Waals surface area contributed by atoms with Crippen molar-refractivity contribution in [2.75, 3.05) is 39.2 Å². The fourth-order valence-corrected chi connectivity index (χ4v) is 3.44. The Morgan fingerprint density at radius 3 is 3.17 bits per heavy atom. The fraction of sp³-hybridized carbons (Fsp3) is 0.529. The summed E-state index contributed by atoms with van der Waals surface area (Å²) in [7, 11) is 0. The molecule has 6 nitrogen and oxygen atoms in total. The smallest absolute Gasteiger partial charge is 0.359 e. The molecule has 3 heterocycles. The number of thioether (sulfide) groups is 1. The summed E-state index contributed by atoms with van der Waals surface area (Å²) >= 11 is 1.51. The zero-order chi connectivity index (χ0) is 16.9. The van der Waals surface area contributed by atoms with E-state index in [1.54, 1.807) is 0 Å². The van der Waals surface area contributed by atoms with Crippen molar-refractivity contribution in [2.24, 2.45) is 0 Å². The molecular weight excluding hydrogens is 326 g/mol. The van der Waals surface area contributed by atoms with Crippen molar-refractivity contribution in [1.82, 2.24) is 14.3 Å². The van der Waals surface area contributed by atoms with Crippen LogP contribution in [0.25, 0.3) is 5.52 Å². The Labute approximate surface area is 146 Å². The van der Waals surface area contributed by atoms with Gasteiger partial charge < -0.3 is 9.47 Å². The molecule has 0 bridgehead atoms. The van der Waals surface area contributed by atoms with E-state index in [-0.39, 0.29) is 5.97 Å². The molecule has 1 saturated heterocycles. The van der Waals surface area contributed by atoms with Gasteiger partial charge in [0.25, 0.3) is 0 Å². The first kappa shape index (κ1) is 17.3. The van der Waals surface area contributed by atoms with E-state index in [9.17, 15) is 4.79 Å². The molecule has 0 aliphatic carbocycles. The lowest BCUT2D eigenvalue weighted by Gasteiger charge is -2.33. The second-order valence-electron chi connectivity index (χ2n) is 5.85. The molecular formula is C17H23N3O3S. The van der Waals surface area contributed by atoms with Gasteiger partial charge in [-0.15, -0.1) is 0 Å². The van der Waals surface area contributed by atoms with E-state index in [2.05, 4.69) is 16.8 Å². The Morgan fingerprint density at radius 2 is 2.38 bits per heavy atom.